The monoisotopic (exact) mass is 1540 g/mol. The van der Waals surface area contributed by atoms with Gasteiger partial charge in [-0.2, -0.15) is 11.8 Å². The van der Waals surface area contributed by atoms with Gasteiger partial charge < -0.3 is 84.6 Å². The molecule has 1 aliphatic rings. The number of carbonyl (C=O) groups is 14. The number of nitrogens with one attached hydrogen (secondary N) is 11. The van der Waals surface area contributed by atoms with Crippen molar-refractivity contribution in [2.45, 2.75) is 135 Å². The normalized spacial score (nSPS) is 15.6. The number of hydrogen-bond acceptors (Lipinski definition) is 20. The molecule has 3 heterocycles. The Morgan fingerprint density at radius 1 is 0.554 bits per heavy atom. The standard InChI is InChI=1S/C64H100N18O17S.In/c1-38(2)27-47(62(97)75-45(58(66)93)16-26-100-6)76-63(98)49(29-42-31-67-37-71-42)74-52(85)32-70-64(99)57(39(3)4)78-59(94)40(5)72-61(96)48(28-41-30-69-44-12-8-7-11-43(41)44)77-60(95)46(14-15-50(65)83)73-51(84)13-9-10-17-68-53(86)33-79-18-20-80(34-54(87)88)22-24-82(36-56(91)92)25-23-81(21-19-79)35-55(89)90;/h7-8,11-12,30-31,37-40,45-49,57,69H,9-10,13-29,32-36H2,1-6H3,(H2,65,83)(H2,66,93)(H,67,71)(H,68,86)(H,70,99)(H,72,96)(H,73,84)(H,74,85)(H,75,97)(H,76,98)(H,77,95)(H,78,94)(H,87,88)(H,89,90)(H,91,92);/t40-,45-,46-,47-,48-,49-,57-;/m0./s1/i;1-4. The summed E-state index contributed by atoms with van der Waals surface area (Å²) in [6.07, 6.45) is 6.17. The first-order chi connectivity index (χ1) is 47.4. The van der Waals surface area contributed by atoms with E-state index in [1.165, 1.54) is 31.2 Å². The third kappa shape index (κ3) is 33.3. The summed E-state index contributed by atoms with van der Waals surface area (Å²) in [5.74, 6) is -11.6. The summed E-state index contributed by atoms with van der Waals surface area (Å²) in [5, 5.41) is 53.0. The molecule has 0 bridgehead atoms. The molecule has 1 saturated heterocycles. The predicted octanol–water partition coefficient (Wildman–Crippen LogP) is -4.21. The third-order valence-electron chi connectivity index (χ3n) is 16.3. The number of thioether (sulfide) groups is 1. The molecule has 3 aromatic rings. The Morgan fingerprint density at radius 2 is 1.08 bits per heavy atom. The number of carbonyl (C=O) groups excluding carboxylic acids is 11. The van der Waals surface area contributed by atoms with Crippen LogP contribution in [0.2, 0.25) is 0 Å². The maximum Gasteiger partial charge on any atom is 0.317 e. The first-order valence-electron chi connectivity index (χ1n) is 33.2. The number of benzene rings is 1. The molecule has 11 amide bonds. The molecule has 557 valence electrons. The zero-order valence-electron chi connectivity index (χ0n) is 58.1. The van der Waals surface area contributed by atoms with E-state index < -0.39 is 138 Å². The fraction of sp³-hybridized carbons (Fsp3) is 0.609. The van der Waals surface area contributed by atoms with Crippen molar-refractivity contribution in [2.75, 3.05) is 104 Å². The number of hydrogen-bond donors (Lipinski definition) is 16. The van der Waals surface area contributed by atoms with E-state index >= 15 is 0 Å². The summed E-state index contributed by atoms with van der Waals surface area (Å²) in [6, 6.07) is -1.76. The number of para-hydroxylation sites is 1. The van der Waals surface area contributed by atoms with E-state index in [0.29, 0.717) is 34.3 Å². The summed E-state index contributed by atoms with van der Waals surface area (Å²) >= 11 is 1.45. The Hall–Kier alpha value is -8.39. The Kier molecular flexibility index (Phi) is 39.1. The Balaban J connectivity index is 0.0000265. The third-order valence-corrected chi connectivity index (χ3v) is 16.9. The molecule has 18 N–H and O–H groups in total. The number of imidazole rings is 1. The number of nitrogens with two attached hydrogens (primary N) is 2. The van der Waals surface area contributed by atoms with Crippen molar-refractivity contribution in [3.63, 3.8) is 0 Å². The second kappa shape index (κ2) is 45.5. The van der Waals surface area contributed by atoms with Gasteiger partial charge in [-0.25, -0.2) is 4.98 Å². The summed E-state index contributed by atoms with van der Waals surface area (Å²) in [6.45, 7) is 8.25. The smallest absolute Gasteiger partial charge is 0.317 e. The van der Waals surface area contributed by atoms with Crippen LogP contribution in [0.4, 0.5) is 0 Å². The maximum atomic E-state index is 14.4. The van der Waals surface area contributed by atoms with E-state index in [1.807, 2.05) is 20.1 Å². The quantitative estimate of drug-likeness (QED) is 0.0239. The van der Waals surface area contributed by atoms with Crippen molar-refractivity contribution in [3.8, 4) is 0 Å². The van der Waals surface area contributed by atoms with Crippen molar-refractivity contribution < 1.29 is 82.4 Å². The maximum absolute atomic E-state index is 14.4. The average Bonchev–Trinajstić information content (AvgIpc) is 1.72. The molecule has 0 spiro atoms. The van der Waals surface area contributed by atoms with Crippen molar-refractivity contribution in [1.29, 1.82) is 0 Å². The van der Waals surface area contributed by atoms with E-state index in [0.717, 1.165) is 0 Å². The number of aromatic nitrogens is 3. The van der Waals surface area contributed by atoms with E-state index in [1.54, 1.807) is 63.9 Å². The topological polar surface area (TPSA) is 517 Å². The summed E-state index contributed by atoms with van der Waals surface area (Å²) in [7, 11) is 0. The van der Waals surface area contributed by atoms with E-state index in [4.69, 9.17) is 11.5 Å². The minimum Gasteiger partial charge on any atom is -0.480 e. The van der Waals surface area contributed by atoms with Crippen molar-refractivity contribution in [1.82, 2.24) is 82.4 Å². The molecule has 35 nitrogen and oxygen atoms in total. The molecule has 1 aromatic carbocycles. The second-order valence-electron chi connectivity index (χ2n) is 25.4. The second-order valence-corrected chi connectivity index (χ2v) is 26.3. The number of carboxylic acids is 3. The van der Waals surface area contributed by atoms with Crippen LogP contribution in [0.1, 0.15) is 90.8 Å². The molecular weight excluding hydrogens is 1440 g/mol. The fourth-order valence-corrected chi connectivity index (χ4v) is 11.3. The van der Waals surface area contributed by atoms with E-state index in [9.17, 15) is 82.4 Å². The SMILES string of the molecule is CSCC[C@H](NC(=O)[C@H](CC(C)C)NC(=O)[C@H](Cc1cnc[nH]1)NC(=O)CNC(=O)[C@@H](NC(=O)[C@H](C)NC(=O)[C@H](Cc1c[nH]c2ccccc12)NC(=O)[C@H](CCC(N)=O)NC(=O)CCCCNC(=O)CN1CCN(CC(=O)O)CCN(CC(=O)O)CCN(CC(=O)O)CC1)C(C)C)C(N)=O.[111In]. The molecule has 0 unspecified atom stereocenters. The van der Waals surface area contributed by atoms with Gasteiger partial charge in [-0.05, 0) is 74.5 Å². The minimum absolute atomic E-state index is 0. The van der Waals surface area contributed by atoms with Gasteiger partial charge in [0.1, 0.15) is 42.3 Å². The first kappa shape index (κ1) is 86.8. The molecule has 0 saturated carbocycles. The zero-order chi connectivity index (χ0) is 74.0. The number of amides is 11. The minimum atomic E-state index is -1.42. The van der Waals surface area contributed by atoms with Crippen LogP contribution in [-0.2, 0) is 80.0 Å². The van der Waals surface area contributed by atoms with Crippen LogP contribution in [0.15, 0.2) is 43.0 Å². The number of carboxylic acid groups (broad SMARTS) is 3. The van der Waals surface area contributed by atoms with E-state index in [-0.39, 0.29) is 168 Å². The summed E-state index contributed by atoms with van der Waals surface area (Å²) in [4.78, 5) is 200. The number of aromatic amines is 2. The van der Waals surface area contributed by atoms with Crippen molar-refractivity contribution in [2.24, 2.45) is 23.3 Å². The van der Waals surface area contributed by atoms with Gasteiger partial charge in [0.15, 0.2) is 0 Å². The largest absolute Gasteiger partial charge is 0.480 e. The number of fused-ring (bicyclic) bond motifs is 1. The van der Waals surface area contributed by atoms with Gasteiger partial charge in [-0.15, -0.1) is 0 Å². The number of rotatable bonds is 42. The van der Waals surface area contributed by atoms with Crippen molar-refractivity contribution in [3.05, 3.63) is 54.2 Å². The van der Waals surface area contributed by atoms with Gasteiger partial charge >= 0.3 is 17.9 Å². The van der Waals surface area contributed by atoms with Crippen LogP contribution < -0.4 is 59.3 Å². The Labute approximate surface area is 608 Å². The molecular formula is C64H100InN18O17S. The fourth-order valence-electron chi connectivity index (χ4n) is 10.8. The first-order valence-corrected chi connectivity index (χ1v) is 34.6. The molecule has 1 fully saturated rings. The van der Waals surface area contributed by atoms with Gasteiger partial charge in [0.05, 0.1) is 39.1 Å². The number of H-pyrrole nitrogens is 2. The molecule has 4 rings (SSSR count). The molecule has 2 aromatic heterocycles. The van der Waals surface area contributed by atoms with Crippen LogP contribution in [-0.4, -0.2) is 305 Å². The number of nitrogens with zero attached hydrogens (tertiary/aromatic N) is 5. The van der Waals surface area contributed by atoms with E-state index in [2.05, 4.69) is 62.8 Å². The van der Waals surface area contributed by atoms with Crippen LogP contribution in [0.3, 0.4) is 0 Å². The van der Waals surface area contributed by atoms with Crippen LogP contribution in [0.25, 0.3) is 10.9 Å². The molecule has 3 radical (unpaired) electrons. The number of unbranched alkanes of at least 4 members (excludes halogenated alkanes) is 1. The predicted molar refractivity (Wildman–Crippen MR) is 373 cm³/mol. The van der Waals surface area contributed by atoms with Crippen LogP contribution >= 0.6 is 11.8 Å². The Morgan fingerprint density at radius 3 is 1.61 bits per heavy atom. The number of aliphatic carboxylic acids is 3. The Bertz CT molecular complexity index is 3220. The van der Waals surface area contributed by atoms with Crippen molar-refractivity contribution >= 4 is 131 Å². The zero-order valence-corrected chi connectivity index (χ0v) is 62.3. The van der Waals surface area contributed by atoms with Gasteiger partial charge in [0.2, 0.25) is 65.0 Å². The molecule has 101 heavy (non-hydrogen) atoms. The molecule has 0 aliphatic carbocycles. The molecule has 37 heteroatoms. The summed E-state index contributed by atoms with van der Waals surface area (Å²) < 4.78 is 0. The molecule has 1 aliphatic heterocycles. The van der Waals surface area contributed by atoms with Gasteiger partial charge in [0.25, 0.3) is 0 Å². The van der Waals surface area contributed by atoms with Gasteiger partial charge in [0, 0.05) is 139 Å². The average molecular weight is 1540 g/mol. The number of primary amides is 2. The molecule has 7 atom stereocenters. The van der Waals surface area contributed by atoms with Crippen LogP contribution in [0.5, 0.6) is 0 Å². The van der Waals surface area contributed by atoms with Gasteiger partial charge in [-0.3, -0.25) is 86.7 Å². The van der Waals surface area contributed by atoms with Gasteiger partial charge in [-0.1, -0.05) is 45.9 Å². The van der Waals surface area contributed by atoms with Crippen LogP contribution in [0, 0.1) is 11.8 Å². The summed E-state index contributed by atoms with van der Waals surface area (Å²) in [5.41, 5.74) is 12.8.